The van der Waals surface area contributed by atoms with Crippen LogP contribution >= 0.6 is 11.3 Å². The molecule has 5 fully saturated rings. The molecule has 4 bridgehead atoms. The third-order valence-electron chi connectivity index (χ3n) is 20.9. The Balaban J connectivity index is 0.638. The number of carbonyl (C=O) groups excluding carboxylic acids is 5. The number of nitrogens with one attached hydrogen (secondary N) is 4. The molecule has 0 radical (unpaired) electrons. The fourth-order valence-corrected chi connectivity index (χ4v) is 18.6. The van der Waals surface area contributed by atoms with Gasteiger partial charge < -0.3 is 74.4 Å². The van der Waals surface area contributed by atoms with E-state index in [1.807, 2.05) is 59.0 Å². The summed E-state index contributed by atoms with van der Waals surface area (Å²) < 4.78 is 71.8. The van der Waals surface area contributed by atoms with E-state index in [0.29, 0.717) is 73.0 Å². The van der Waals surface area contributed by atoms with Gasteiger partial charge in [0.2, 0.25) is 12.2 Å². The fraction of sp³-hybridized carbons (Fsp3) is 0.500. The van der Waals surface area contributed by atoms with E-state index in [2.05, 4.69) is 34.8 Å². The number of carboxylic acid groups (broad SMARTS) is 2. The lowest BCUT2D eigenvalue weighted by molar-refractivity contribution is -0.271. The van der Waals surface area contributed by atoms with Crippen LogP contribution in [0.4, 0.5) is 15.7 Å². The number of para-hydroxylation sites is 1. The Bertz CT molecular complexity index is 4520. The number of anilines is 2. The first-order valence-corrected chi connectivity index (χ1v) is 38.1. The van der Waals surface area contributed by atoms with Gasteiger partial charge in [0.15, 0.2) is 16.9 Å². The molecule has 108 heavy (non-hydrogen) atoms. The van der Waals surface area contributed by atoms with Gasteiger partial charge in [0.25, 0.3) is 27.8 Å². The Morgan fingerprint density at radius 2 is 1.61 bits per heavy atom. The minimum absolute atomic E-state index is 0.0396. The summed E-state index contributed by atoms with van der Waals surface area (Å²) in [5.41, 5.74) is 4.19. The van der Waals surface area contributed by atoms with E-state index in [1.165, 1.54) is 46.6 Å². The summed E-state index contributed by atoms with van der Waals surface area (Å²) in [5, 5.41) is 74.4. The van der Waals surface area contributed by atoms with Gasteiger partial charge in [-0.2, -0.15) is 13.5 Å². The lowest BCUT2D eigenvalue weighted by atomic mass is 9.39. The Hall–Kier alpha value is -9.52. The van der Waals surface area contributed by atoms with Crippen LogP contribution in [0.25, 0.3) is 21.3 Å². The van der Waals surface area contributed by atoms with Crippen molar-refractivity contribution in [1.82, 2.24) is 40.2 Å². The number of aliphatic carboxylic acids is 1. The van der Waals surface area contributed by atoms with Gasteiger partial charge in [-0.3, -0.25) is 44.0 Å². The average molecular weight is 1530 g/mol. The molecule has 3 aromatic heterocycles. The molecule has 34 heteroatoms. The molecule has 3 aromatic carbocycles. The van der Waals surface area contributed by atoms with Crippen LogP contribution in [0.1, 0.15) is 121 Å². The molecule has 8 atom stereocenters. The average Bonchev–Trinajstić information content (AvgIpc) is 0.842. The van der Waals surface area contributed by atoms with E-state index in [1.54, 1.807) is 25.4 Å². The van der Waals surface area contributed by atoms with Crippen LogP contribution in [-0.4, -0.2) is 223 Å². The number of imide groups is 1. The number of amides is 5. The van der Waals surface area contributed by atoms with Crippen molar-refractivity contribution in [2.45, 2.75) is 153 Å². The van der Waals surface area contributed by atoms with Crippen molar-refractivity contribution in [2.75, 3.05) is 75.6 Å². The summed E-state index contributed by atoms with van der Waals surface area (Å²) in [6.45, 7) is 7.86. The van der Waals surface area contributed by atoms with Crippen molar-refractivity contribution in [3.8, 4) is 22.6 Å². The SMILES string of the molecule is Cc1c(-c2ccc(N3CCc4cccc(C(=O)Nc5nc6ccccc6s5)c4C3)nc2C(=O)O)cnn1CC12CC3(C)CC(C)(C1)CC(OCCN(C)C(=O)OCc1ccc(OCCOCCNC(=N)[C@H](CS(=O)(=O)O)NC(=O)CCCCCN4C(=O)C=CC4=O)cc1O[C@@H]1O[C@H](C(=O)O)[C@@H](O)[C@H](O)[C@H]1O)(C3)C2. The smallest absolute Gasteiger partial charge is 0.409 e. The number of aromatic nitrogens is 4. The molecule has 6 heterocycles. The van der Waals surface area contributed by atoms with Crippen molar-refractivity contribution >= 4 is 90.1 Å². The van der Waals surface area contributed by atoms with Gasteiger partial charge in [0, 0.05) is 98.9 Å². The van der Waals surface area contributed by atoms with E-state index in [4.69, 9.17) is 43.9 Å². The first kappa shape index (κ1) is 78.1. The van der Waals surface area contributed by atoms with E-state index in [-0.39, 0.29) is 97.4 Å². The van der Waals surface area contributed by atoms with Crippen LogP contribution < -0.4 is 30.3 Å². The van der Waals surface area contributed by atoms with Gasteiger partial charge >= 0.3 is 18.0 Å². The molecule has 5 amide bonds. The first-order valence-electron chi connectivity index (χ1n) is 35.7. The summed E-state index contributed by atoms with van der Waals surface area (Å²) in [7, 11) is -3.09. The number of hydrogen-bond donors (Lipinski definition) is 10. The molecule has 6 aromatic rings. The number of nitrogens with zero attached hydrogens (tertiary/aromatic N) is 7. The highest BCUT2D eigenvalue weighted by atomic mass is 32.2. The second-order valence-electron chi connectivity index (χ2n) is 29.7. The highest BCUT2D eigenvalue weighted by Crippen LogP contribution is 2.72. The molecule has 2 unspecified atom stereocenters. The molecule has 13 rings (SSSR count). The second-order valence-corrected chi connectivity index (χ2v) is 32.2. The quantitative estimate of drug-likeness (QED) is 0.00756. The second kappa shape index (κ2) is 32.3. The van der Waals surface area contributed by atoms with Crippen LogP contribution in [-0.2, 0) is 74.4 Å². The van der Waals surface area contributed by atoms with Crippen molar-refractivity contribution in [3.63, 3.8) is 0 Å². The molecule has 0 spiro atoms. The van der Waals surface area contributed by atoms with Crippen molar-refractivity contribution < 1.29 is 100 Å². The molecule has 1 saturated heterocycles. The monoisotopic (exact) mass is 1530 g/mol. The van der Waals surface area contributed by atoms with Crippen LogP contribution in [0.3, 0.4) is 0 Å². The zero-order valence-electron chi connectivity index (χ0n) is 60.1. The number of thiazole rings is 1. The molecule has 3 aliphatic heterocycles. The predicted octanol–water partition coefficient (Wildman–Crippen LogP) is 5.87. The van der Waals surface area contributed by atoms with Crippen molar-refractivity contribution in [1.29, 1.82) is 5.41 Å². The number of hydrogen-bond acceptors (Lipinski definition) is 24. The molecule has 4 saturated carbocycles. The summed E-state index contributed by atoms with van der Waals surface area (Å²) in [6.07, 6.45) is 0.506. The van der Waals surface area contributed by atoms with Gasteiger partial charge in [-0.25, -0.2) is 24.4 Å². The summed E-state index contributed by atoms with van der Waals surface area (Å²) in [5.74, 6) is -5.47. The van der Waals surface area contributed by atoms with Gasteiger partial charge in [0.05, 0.1) is 41.8 Å². The van der Waals surface area contributed by atoms with E-state index >= 15 is 0 Å². The minimum atomic E-state index is -4.65. The maximum Gasteiger partial charge on any atom is 0.409 e. The molecule has 10 N–H and O–H groups in total. The molecule has 4 aliphatic carbocycles. The number of carbonyl (C=O) groups is 7. The molecule has 32 nitrogen and oxygen atoms in total. The van der Waals surface area contributed by atoms with E-state index in [0.717, 1.165) is 70.5 Å². The van der Waals surface area contributed by atoms with Crippen LogP contribution in [0.15, 0.2) is 91.1 Å². The number of aromatic carboxylic acids is 1. The van der Waals surface area contributed by atoms with Crippen molar-refractivity contribution in [2.24, 2.45) is 16.2 Å². The number of unbranched alkanes of at least 4 members (excludes halogenated alkanes) is 2. The first-order chi connectivity index (χ1) is 51.4. The largest absolute Gasteiger partial charge is 0.491 e. The van der Waals surface area contributed by atoms with E-state index < -0.39 is 106 Å². The van der Waals surface area contributed by atoms with Crippen LogP contribution in [0, 0.1) is 28.6 Å². The number of carboxylic acids is 2. The Labute approximate surface area is 625 Å². The number of benzene rings is 3. The number of aliphatic hydroxyl groups excluding tert-OH is 3. The minimum Gasteiger partial charge on any atom is -0.491 e. The Kier molecular flexibility index (Phi) is 23.4. The number of aliphatic hydroxyl groups is 3. The molecule has 7 aliphatic rings. The zero-order chi connectivity index (χ0) is 77.0. The normalized spacial score (nSPS) is 24.5. The van der Waals surface area contributed by atoms with Crippen LogP contribution in [0.5, 0.6) is 11.5 Å². The molecular weight excluding hydrogens is 1440 g/mol. The Morgan fingerprint density at radius 3 is 2.34 bits per heavy atom. The summed E-state index contributed by atoms with van der Waals surface area (Å²) in [4.78, 5) is 103. The van der Waals surface area contributed by atoms with Crippen molar-refractivity contribution in [3.05, 3.63) is 125 Å². The number of rotatable bonds is 33. The van der Waals surface area contributed by atoms with Gasteiger partial charge in [-0.1, -0.05) is 55.9 Å². The predicted molar refractivity (Wildman–Crippen MR) is 390 cm³/mol. The van der Waals surface area contributed by atoms with Gasteiger partial charge in [-0.05, 0) is 135 Å². The third kappa shape index (κ3) is 18.1. The lowest BCUT2D eigenvalue weighted by Crippen LogP contribution is -2.64. The Morgan fingerprint density at radius 1 is 0.852 bits per heavy atom. The van der Waals surface area contributed by atoms with Crippen LogP contribution in [0.2, 0.25) is 0 Å². The molecular formula is C74H89N11O21S2. The summed E-state index contributed by atoms with van der Waals surface area (Å²) in [6, 6.07) is 19.9. The van der Waals surface area contributed by atoms with Gasteiger partial charge in [0.1, 0.15) is 66.5 Å². The highest BCUT2D eigenvalue weighted by Gasteiger charge is 2.66. The third-order valence-corrected chi connectivity index (χ3v) is 22.6. The number of pyridine rings is 1. The topological polar surface area (TPSA) is 444 Å². The summed E-state index contributed by atoms with van der Waals surface area (Å²) >= 11 is 1.40. The maximum absolute atomic E-state index is 13.8. The number of amidine groups is 1. The van der Waals surface area contributed by atoms with E-state index in [9.17, 15) is 72.1 Å². The lowest BCUT2D eigenvalue weighted by Gasteiger charge is -2.69. The standard InChI is InChI=1S/C74H89N11O21S2/c1-43-49(47-18-19-55(80-59(47)66(93)94)83-25-22-44-11-10-12-48(50(44)33-83)65(92)81-69-79-51-13-7-8-14-54(51)107-69)32-77-85(43)42-73-37-71(2)36-72(3,38-73)40-74(39-71,41-73)104-28-26-82(4)70(97)103-34-45-16-17-46(31-53(45)105-68-62(91)60(89)61(90)63(106-68)67(95)96)102-30-29-101-27-23-76-64(75)52(35-108(98,99)100)78-56(86)15-6-5-9-24-84-57(87)20-21-58(84)88/h7-8,10-14,16-21,31-32,52,60-63,68,89-91H,5-6,9,15,22-30,33-42H2,1-4H3,(H2,75,76)(H,78,86)(H,93,94)(H,95,96)(H,79,81,92)(H,98,99,100)/t52-,60-,61-,62+,63-,68+,71?,72?,73?,74?/m0/s1. The number of ether oxygens (including phenoxy) is 6. The highest BCUT2D eigenvalue weighted by molar-refractivity contribution is 7.85. The maximum atomic E-state index is 13.8. The molecule has 578 valence electrons. The fourth-order valence-electron chi connectivity index (χ4n) is 17.1. The van der Waals surface area contributed by atoms with Gasteiger partial charge in [-0.15, -0.1) is 0 Å². The number of likely N-dealkylation sites (N-methyl/N-ethyl adjacent to an activating group) is 1. The zero-order valence-corrected chi connectivity index (χ0v) is 61.8. The number of fused-ring (bicyclic) bond motifs is 2.